The molecule has 148 valence electrons. The van der Waals surface area contributed by atoms with Gasteiger partial charge in [-0.1, -0.05) is 24.3 Å². The second kappa shape index (κ2) is 9.22. The third kappa shape index (κ3) is 4.72. The fraction of sp³-hybridized carbons (Fsp3) is 0.435. The summed E-state index contributed by atoms with van der Waals surface area (Å²) in [6.07, 6.45) is 3.50. The van der Waals surface area contributed by atoms with Crippen LogP contribution in [0.2, 0.25) is 0 Å². The number of rotatable bonds is 5. The fourth-order valence-electron chi connectivity index (χ4n) is 3.90. The zero-order valence-corrected chi connectivity index (χ0v) is 16.3. The summed E-state index contributed by atoms with van der Waals surface area (Å²) in [6.45, 7) is 5.52. The minimum absolute atomic E-state index is 0.0321. The molecule has 2 saturated heterocycles. The number of benzene rings is 2. The molecule has 0 bridgehead atoms. The molecule has 0 saturated carbocycles. The Bertz CT molecular complexity index is 779. The lowest BCUT2D eigenvalue weighted by atomic mass is 10.0. The average molecular weight is 380 g/mol. The van der Waals surface area contributed by atoms with Crippen LogP contribution in [0.25, 0.3) is 11.1 Å². The molecule has 0 aromatic heterocycles. The Morgan fingerprint density at radius 3 is 2.64 bits per heavy atom. The lowest BCUT2D eigenvalue weighted by Gasteiger charge is -2.29. The molecule has 0 unspecified atom stereocenters. The van der Waals surface area contributed by atoms with E-state index in [9.17, 15) is 4.79 Å². The maximum atomic E-state index is 12.4. The summed E-state index contributed by atoms with van der Waals surface area (Å²) in [5.41, 5.74) is 4.26. The first kappa shape index (κ1) is 19.0. The first-order valence-electron chi connectivity index (χ1n) is 10.4. The minimum atomic E-state index is -0.0321. The molecule has 2 N–H and O–H groups in total. The molecule has 2 fully saturated rings. The van der Waals surface area contributed by atoms with E-state index < -0.39 is 0 Å². The molecule has 0 aliphatic carbocycles. The van der Waals surface area contributed by atoms with Crippen LogP contribution in [0.5, 0.6) is 0 Å². The van der Waals surface area contributed by atoms with E-state index in [2.05, 4.69) is 39.8 Å². The van der Waals surface area contributed by atoms with Crippen molar-refractivity contribution >= 4 is 11.6 Å². The molecule has 0 radical (unpaired) electrons. The highest BCUT2D eigenvalue weighted by molar-refractivity contribution is 5.94. The summed E-state index contributed by atoms with van der Waals surface area (Å²) in [6, 6.07) is 16.5. The van der Waals surface area contributed by atoms with Gasteiger partial charge in [0, 0.05) is 50.6 Å². The summed E-state index contributed by atoms with van der Waals surface area (Å²) in [7, 11) is 0. The van der Waals surface area contributed by atoms with Crippen molar-refractivity contribution in [2.24, 2.45) is 0 Å². The summed E-state index contributed by atoms with van der Waals surface area (Å²) in [4.78, 5) is 14.8. The van der Waals surface area contributed by atoms with Crippen molar-refractivity contribution in [3.8, 4) is 11.1 Å². The number of piperazine rings is 1. The maximum absolute atomic E-state index is 12.4. The number of nitrogens with zero attached hydrogens (tertiary/aromatic N) is 1. The van der Waals surface area contributed by atoms with Crippen molar-refractivity contribution in [3.05, 3.63) is 54.1 Å². The topological polar surface area (TPSA) is 53.6 Å². The number of hydrogen-bond donors (Lipinski definition) is 2. The highest BCUT2D eigenvalue weighted by Gasteiger charge is 2.15. The van der Waals surface area contributed by atoms with Crippen LogP contribution in [0.15, 0.2) is 48.5 Å². The quantitative estimate of drug-likeness (QED) is 0.838. The monoisotopic (exact) mass is 379 g/mol. The number of nitrogens with one attached hydrogen (secondary N) is 2. The fourth-order valence-corrected chi connectivity index (χ4v) is 3.90. The van der Waals surface area contributed by atoms with Gasteiger partial charge >= 0.3 is 0 Å². The van der Waals surface area contributed by atoms with Crippen LogP contribution in [0.1, 0.15) is 29.6 Å². The molecule has 5 nitrogen and oxygen atoms in total. The van der Waals surface area contributed by atoms with E-state index in [1.807, 2.05) is 24.3 Å². The van der Waals surface area contributed by atoms with E-state index in [-0.39, 0.29) is 12.0 Å². The third-order valence-corrected chi connectivity index (χ3v) is 5.57. The Balaban J connectivity index is 1.39. The van der Waals surface area contributed by atoms with Crippen molar-refractivity contribution in [2.75, 3.05) is 44.2 Å². The van der Waals surface area contributed by atoms with Gasteiger partial charge in [-0.25, -0.2) is 0 Å². The van der Waals surface area contributed by atoms with Gasteiger partial charge < -0.3 is 20.3 Å². The van der Waals surface area contributed by atoms with Crippen LogP contribution >= 0.6 is 0 Å². The number of carbonyl (C=O) groups is 1. The van der Waals surface area contributed by atoms with Crippen LogP contribution in [0.3, 0.4) is 0 Å². The van der Waals surface area contributed by atoms with E-state index in [1.54, 1.807) is 0 Å². The Morgan fingerprint density at radius 2 is 1.89 bits per heavy atom. The van der Waals surface area contributed by atoms with Gasteiger partial charge in [0.1, 0.15) is 0 Å². The summed E-state index contributed by atoms with van der Waals surface area (Å²) >= 11 is 0. The van der Waals surface area contributed by atoms with Crippen molar-refractivity contribution in [1.29, 1.82) is 0 Å². The van der Waals surface area contributed by atoms with Crippen LogP contribution < -0.4 is 15.5 Å². The SMILES string of the molecule is O=C(NC[C@@H]1CCCCO1)c1ccc(-c2cccc(N3CCNCC3)c2)cc1. The Kier molecular flexibility index (Phi) is 6.24. The summed E-state index contributed by atoms with van der Waals surface area (Å²) < 4.78 is 5.68. The van der Waals surface area contributed by atoms with E-state index >= 15 is 0 Å². The van der Waals surface area contributed by atoms with E-state index in [0.29, 0.717) is 12.1 Å². The first-order chi connectivity index (χ1) is 13.8. The zero-order chi connectivity index (χ0) is 19.2. The number of amides is 1. The van der Waals surface area contributed by atoms with Crippen molar-refractivity contribution in [2.45, 2.75) is 25.4 Å². The number of anilines is 1. The molecule has 2 heterocycles. The van der Waals surface area contributed by atoms with Crippen molar-refractivity contribution in [3.63, 3.8) is 0 Å². The summed E-state index contributed by atoms with van der Waals surface area (Å²) in [5, 5.41) is 6.39. The first-order valence-corrected chi connectivity index (χ1v) is 10.4. The second-order valence-electron chi connectivity index (χ2n) is 7.56. The minimum Gasteiger partial charge on any atom is -0.376 e. The van der Waals surface area contributed by atoms with Gasteiger partial charge in [-0.3, -0.25) is 4.79 Å². The Labute approximate surface area is 167 Å². The normalized spacial score (nSPS) is 20.0. The van der Waals surface area contributed by atoms with Crippen molar-refractivity contribution < 1.29 is 9.53 Å². The average Bonchev–Trinajstić information content (AvgIpc) is 2.79. The number of hydrogen-bond acceptors (Lipinski definition) is 4. The van der Waals surface area contributed by atoms with Gasteiger partial charge in [0.05, 0.1) is 6.10 Å². The maximum Gasteiger partial charge on any atom is 0.251 e. The largest absolute Gasteiger partial charge is 0.376 e. The van der Waals surface area contributed by atoms with E-state index in [1.165, 1.54) is 17.7 Å². The molecule has 1 atom stereocenters. The van der Waals surface area contributed by atoms with Gasteiger partial charge in [0.15, 0.2) is 0 Å². The Morgan fingerprint density at radius 1 is 1.07 bits per heavy atom. The van der Waals surface area contributed by atoms with Gasteiger partial charge in [-0.15, -0.1) is 0 Å². The molecule has 5 heteroatoms. The lowest BCUT2D eigenvalue weighted by Crippen LogP contribution is -2.43. The van der Waals surface area contributed by atoms with Gasteiger partial charge in [0.25, 0.3) is 5.91 Å². The molecule has 4 rings (SSSR count). The number of carbonyl (C=O) groups excluding carboxylic acids is 1. The van der Waals surface area contributed by atoms with Gasteiger partial charge in [0.2, 0.25) is 0 Å². The van der Waals surface area contributed by atoms with E-state index in [4.69, 9.17) is 4.74 Å². The molecule has 0 spiro atoms. The smallest absolute Gasteiger partial charge is 0.251 e. The molecular formula is C23H29N3O2. The molecule has 2 aromatic carbocycles. The third-order valence-electron chi connectivity index (χ3n) is 5.57. The van der Waals surface area contributed by atoms with Gasteiger partial charge in [-0.05, 0) is 54.7 Å². The zero-order valence-electron chi connectivity index (χ0n) is 16.3. The lowest BCUT2D eigenvalue weighted by molar-refractivity contribution is 0.0169. The standard InChI is InChI=1S/C23H29N3O2/c27-23(25-17-22-6-1-2-15-28-22)19-9-7-18(8-10-19)20-4-3-5-21(16-20)26-13-11-24-12-14-26/h3-5,7-10,16,22,24H,1-2,6,11-15,17H2,(H,25,27)/t22-/m0/s1. The van der Waals surface area contributed by atoms with Crippen LogP contribution in [0, 0.1) is 0 Å². The van der Waals surface area contributed by atoms with Crippen molar-refractivity contribution in [1.82, 2.24) is 10.6 Å². The Hall–Kier alpha value is -2.37. The predicted molar refractivity (Wildman–Crippen MR) is 113 cm³/mol. The predicted octanol–water partition coefficient (Wildman–Crippen LogP) is 3.06. The highest BCUT2D eigenvalue weighted by atomic mass is 16.5. The van der Waals surface area contributed by atoms with E-state index in [0.717, 1.165) is 51.2 Å². The molecule has 28 heavy (non-hydrogen) atoms. The second-order valence-corrected chi connectivity index (χ2v) is 7.56. The van der Waals surface area contributed by atoms with Crippen LogP contribution in [-0.4, -0.2) is 51.3 Å². The molecular weight excluding hydrogens is 350 g/mol. The molecule has 2 aliphatic heterocycles. The molecule has 1 amide bonds. The molecule has 2 aliphatic rings. The highest BCUT2D eigenvalue weighted by Crippen LogP contribution is 2.25. The van der Waals surface area contributed by atoms with Crippen LogP contribution in [0.4, 0.5) is 5.69 Å². The molecule has 2 aromatic rings. The van der Waals surface area contributed by atoms with Gasteiger partial charge in [-0.2, -0.15) is 0 Å². The number of ether oxygens (including phenoxy) is 1. The summed E-state index contributed by atoms with van der Waals surface area (Å²) in [5.74, 6) is -0.0321. The van der Waals surface area contributed by atoms with Crippen LogP contribution in [-0.2, 0) is 4.74 Å².